The number of aryl methyl sites for hydroxylation is 2. The molecule has 130 valence electrons. The first kappa shape index (κ1) is 17.4. The molecule has 1 N–H and O–H groups in total. The Morgan fingerprint density at radius 2 is 1.88 bits per heavy atom. The Kier molecular flexibility index (Phi) is 4.47. The van der Waals surface area contributed by atoms with Gasteiger partial charge in [0.2, 0.25) is 5.91 Å². The largest absolute Gasteiger partial charge is 0.347 e. The summed E-state index contributed by atoms with van der Waals surface area (Å²) in [4.78, 5) is 32.3. The van der Waals surface area contributed by atoms with Crippen LogP contribution in [0, 0.1) is 13.8 Å². The minimum atomic E-state index is -0.635. The zero-order valence-electron chi connectivity index (χ0n) is 14.8. The van der Waals surface area contributed by atoms with E-state index in [0.29, 0.717) is 11.3 Å². The minimum Gasteiger partial charge on any atom is -0.347 e. The van der Waals surface area contributed by atoms with Gasteiger partial charge in [-0.25, -0.2) is 4.98 Å². The first-order valence-corrected chi connectivity index (χ1v) is 8.99. The van der Waals surface area contributed by atoms with E-state index in [2.05, 4.69) is 16.9 Å². The van der Waals surface area contributed by atoms with Crippen molar-refractivity contribution >= 4 is 28.8 Å². The molecule has 0 radical (unpaired) electrons. The zero-order chi connectivity index (χ0) is 18.3. The number of nitrogens with zero attached hydrogens (tertiary/aromatic N) is 2. The van der Waals surface area contributed by atoms with E-state index >= 15 is 0 Å². The monoisotopic (exact) mass is 355 g/mol. The molecule has 2 amide bonds. The molecule has 1 aromatic carbocycles. The number of rotatable bonds is 4. The molecule has 0 bridgehead atoms. The second-order valence-electron chi connectivity index (χ2n) is 6.26. The molecular formula is C19H21N3O2S. The molecule has 3 rings (SSSR count). The van der Waals surface area contributed by atoms with Gasteiger partial charge in [0.15, 0.2) is 0 Å². The SMILES string of the molecule is C=C1c2ccccc2C(=O)N1[C@H](C)C(=O)N[C@H](C)c1sc(C)nc1C. The number of hydrogen-bond donors (Lipinski definition) is 1. The van der Waals surface area contributed by atoms with Crippen LogP contribution in [-0.4, -0.2) is 27.7 Å². The normalized spacial score (nSPS) is 15.9. The van der Waals surface area contributed by atoms with Crippen LogP contribution in [0.3, 0.4) is 0 Å². The lowest BCUT2D eigenvalue weighted by molar-refractivity contribution is -0.124. The van der Waals surface area contributed by atoms with Crippen molar-refractivity contribution in [3.8, 4) is 0 Å². The van der Waals surface area contributed by atoms with Gasteiger partial charge >= 0.3 is 0 Å². The standard InChI is InChI=1S/C19H21N3O2S/c1-10-17(25-14(5)20-10)11(2)21-18(23)13(4)22-12(3)15-8-6-7-9-16(15)19(22)24/h6-9,11,13H,3H2,1-2,4-5H3,(H,21,23)/t11-,13-/m1/s1. The van der Waals surface area contributed by atoms with E-state index in [-0.39, 0.29) is 17.9 Å². The number of thiazole rings is 1. The highest BCUT2D eigenvalue weighted by molar-refractivity contribution is 7.11. The van der Waals surface area contributed by atoms with Crippen LogP contribution in [0.15, 0.2) is 30.8 Å². The van der Waals surface area contributed by atoms with Gasteiger partial charge in [-0.1, -0.05) is 24.8 Å². The number of carbonyl (C=O) groups is 2. The number of carbonyl (C=O) groups excluding carboxylic acids is 2. The fourth-order valence-electron chi connectivity index (χ4n) is 3.18. The number of fused-ring (bicyclic) bond motifs is 1. The molecule has 2 heterocycles. The Bertz CT molecular complexity index is 836. The van der Waals surface area contributed by atoms with Gasteiger partial charge in [-0.3, -0.25) is 14.5 Å². The van der Waals surface area contributed by atoms with Crippen LogP contribution in [0.5, 0.6) is 0 Å². The fourth-order valence-corrected chi connectivity index (χ4v) is 4.11. The molecule has 1 aromatic heterocycles. The molecule has 0 saturated carbocycles. The molecule has 25 heavy (non-hydrogen) atoms. The van der Waals surface area contributed by atoms with E-state index in [4.69, 9.17) is 0 Å². The smallest absolute Gasteiger partial charge is 0.259 e. The van der Waals surface area contributed by atoms with E-state index in [9.17, 15) is 9.59 Å². The maximum Gasteiger partial charge on any atom is 0.259 e. The Hall–Kier alpha value is -2.47. The summed E-state index contributed by atoms with van der Waals surface area (Å²) in [6.07, 6.45) is 0. The topological polar surface area (TPSA) is 62.3 Å². The van der Waals surface area contributed by atoms with Gasteiger partial charge in [-0.2, -0.15) is 0 Å². The summed E-state index contributed by atoms with van der Waals surface area (Å²) in [5, 5.41) is 3.96. The molecule has 1 aliphatic rings. The molecule has 2 atom stereocenters. The van der Waals surface area contributed by atoms with Gasteiger partial charge in [0, 0.05) is 21.7 Å². The Morgan fingerprint density at radius 3 is 2.44 bits per heavy atom. The second kappa shape index (κ2) is 6.44. The number of amides is 2. The summed E-state index contributed by atoms with van der Waals surface area (Å²) in [7, 11) is 0. The summed E-state index contributed by atoms with van der Waals surface area (Å²) in [6, 6.07) is 6.50. The predicted octanol–water partition coefficient (Wildman–Crippen LogP) is 3.45. The van der Waals surface area contributed by atoms with E-state index in [1.165, 1.54) is 4.90 Å². The summed E-state index contributed by atoms with van der Waals surface area (Å²) < 4.78 is 0. The maximum absolute atomic E-state index is 12.7. The Morgan fingerprint density at radius 1 is 1.24 bits per heavy atom. The third kappa shape index (κ3) is 2.98. The van der Waals surface area contributed by atoms with Crippen molar-refractivity contribution in [2.45, 2.75) is 39.8 Å². The van der Waals surface area contributed by atoms with Crippen LogP contribution < -0.4 is 5.32 Å². The number of benzene rings is 1. The lowest BCUT2D eigenvalue weighted by Gasteiger charge is -2.26. The summed E-state index contributed by atoms with van der Waals surface area (Å²) in [6.45, 7) is 11.5. The van der Waals surface area contributed by atoms with Gasteiger partial charge in [0.05, 0.1) is 16.7 Å². The van der Waals surface area contributed by atoms with Crippen LogP contribution in [0.2, 0.25) is 0 Å². The van der Waals surface area contributed by atoms with Crippen molar-refractivity contribution < 1.29 is 9.59 Å². The van der Waals surface area contributed by atoms with E-state index in [1.807, 2.05) is 39.0 Å². The highest BCUT2D eigenvalue weighted by atomic mass is 32.1. The molecule has 0 fully saturated rings. The van der Waals surface area contributed by atoms with E-state index in [0.717, 1.165) is 21.1 Å². The van der Waals surface area contributed by atoms with Crippen LogP contribution in [0.1, 0.15) is 51.4 Å². The lowest BCUT2D eigenvalue weighted by atomic mass is 10.1. The van der Waals surface area contributed by atoms with Gasteiger partial charge in [-0.05, 0) is 33.8 Å². The van der Waals surface area contributed by atoms with Crippen molar-refractivity contribution in [1.82, 2.24) is 15.2 Å². The first-order valence-electron chi connectivity index (χ1n) is 8.17. The number of nitrogens with one attached hydrogen (secondary N) is 1. The number of hydrogen-bond acceptors (Lipinski definition) is 4. The fraction of sp³-hybridized carbons (Fsp3) is 0.316. The van der Waals surface area contributed by atoms with Crippen LogP contribution in [0.25, 0.3) is 5.70 Å². The molecule has 1 aliphatic heterocycles. The maximum atomic E-state index is 12.7. The van der Waals surface area contributed by atoms with Gasteiger partial charge in [-0.15, -0.1) is 11.3 Å². The Labute approximate surface area is 151 Å². The molecule has 0 unspecified atom stereocenters. The quantitative estimate of drug-likeness (QED) is 0.914. The molecule has 5 nitrogen and oxygen atoms in total. The summed E-state index contributed by atoms with van der Waals surface area (Å²) in [5.74, 6) is -0.388. The van der Waals surface area contributed by atoms with Crippen LogP contribution >= 0.6 is 11.3 Å². The van der Waals surface area contributed by atoms with E-state index < -0.39 is 6.04 Å². The van der Waals surface area contributed by atoms with Crippen molar-refractivity contribution in [1.29, 1.82) is 0 Å². The second-order valence-corrected chi connectivity index (χ2v) is 7.49. The van der Waals surface area contributed by atoms with Crippen molar-refractivity contribution in [3.63, 3.8) is 0 Å². The molecule has 0 aliphatic carbocycles. The van der Waals surface area contributed by atoms with E-state index in [1.54, 1.807) is 24.3 Å². The molecular weight excluding hydrogens is 334 g/mol. The highest BCUT2D eigenvalue weighted by Crippen LogP contribution is 2.33. The third-order valence-corrected chi connectivity index (χ3v) is 5.69. The van der Waals surface area contributed by atoms with Gasteiger partial charge in [0.25, 0.3) is 5.91 Å². The lowest BCUT2D eigenvalue weighted by Crippen LogP contribution is -2.45. The average Bonchev–Trinajstić information content (AvgIpc) is 3.04. The van der Waals surface area contributed by atoms with Gasteiger partial charge in [0.1, 0.15) is 6.04 Å². The highest BCUT2D eigenvalue weighted by Gasteiger charge is 2.37. The molecule has 2 aromatic rings. The van der Waals surface area contributed by atoms with Crippen molar-refractivity contribution in [2.24, 2.45) is 0 Å². The van der Waals surface area contributed by atoms with Crippen molar-refractivity contribution in [2.75, 3.05) is 0 Å². The number of aromatic nitrogens is 1. The third-order valence-electron chi connectivity index (χ3n) is 4.44. The first-order chi connectivity index (χ1) is 11.8. The average molecular weight is 355 g/mol. The molecule has 6 heteroatoms. The molecule has 0 spiro atoms. The predicted molar refractivity (Wildman–Crippen MR) is 99.3 cm³/mol. The van der Waals surface area contributed by atoms with Crippen molar-refractivity contribution in [3.05, 3.63) is 57.6 Å². The summed E-state index contributed by atoms with van der Waals surface area (Å²) >= 11 is 1.58. The Balaban J connectivity index is 1.76. The van der Waals surface area contributed by atoms with Crippen LogP contribution in [-0.2, 0) is 4.79 Å². The van der Waals surface area contributed by atoms with Gasteiger partial charge < -0.3 is 5.32 Å². The molecule has 0 saturated heterocycles. The minimum absolute atomic E-state index is 0.158. The zero-order valence-corrected chi connectivity index (χ0v) is 15.6. The van der Waals surface area contributed by atoms with Crippen LogP contribution in [0.4, 0.5) is 0 Å². The summed E-state index contributed by atoms with van der Waals surface area (Å²) in [5.41, 5.74) is 2.88.